The molecule has 0 amide bonds. The van der Waals surface area contributed by atoms with E-state index in [2.05, 4.69) is 0 Å². The van der Waals surface area contributed by atoms with E-state index in [9.17, 15) is 4.57 Å². The Kier molecular flexibility index (Phi) is 7.68. The maximum Gasteiger partial charge on any atom is 1.00 e. The quantitative estimate of drug-likeness (QED) is 0.316. The van der Waals surface area contributed by atoms with E-state index in [0.717, 1.165) is 0 Å². The van der Waals surface area contributed by atoms with Gasteiger partial charge in [0.2, 0.25) is 0 Å². The molecule has 0 rings (SSSR count). The van der Waals surface area contributed by atoms with Crippen LogP contribution in [0.3, 0.4) is 0 Å². The van der Waals surface area contributed by atoms with Gasteiger partial charge in [0.05, 0.1) is 0 Å². The Morgan fingerprint density at radius 2 is 1.86 bits per heavy atom. The molecular formula is C2H8KO3P. The van der Waals surface area contributed by atoms with Gasteiger partial charge in [0.25, 0.3) is 0 Å². The molecule has 5 heteroatoms. The van der Waals surface area contributed by atoms with Crippen molar-refractivity contribution in [3.8, 4) is 0 Å². The van der Waals surface area contributed by atoms with E-state index in [0.29, 0.717) is 0 Å². The Balaban J connectivity index is -0.000000125. The SMILES string of the molecule is CCP(=O)(O)O.[H-].[K+]. The average molecular weight is 150 g/mol. The first-order valence-electron chi connectivity index (χ1n) is 1.61. The average Bonchev–Trinajstić information content (AvgIpc) is 1.35. The van der Waals surface area contributed by atoms with Crippen molar-refractivity contribution >= 4 is 7.60 Å². The first kappa shape index (κ1) is 11.6. The van der Waals surface area contributed by atoms with Gasteiger partial charge < -0.3 is 11.2 Å². The van der Waals surface area contributed by atoms with Gasteiger partial charge >= 0.3 is 59.0 Å². The molecule has 0 aliphatic rings. The molecule has 0 aromatic carbocycles. The van der Waals surface area contributed by atoms with Crippen molar-refractivity contribution in [3.05, 3.63) is 0 Å². The van der Waals surface area contributed by atoms with E-state index in [1.807, 2.05) is 0 Å². The Hall–Kier alpha value is 1.79. The molecule has 40 valence electrons. The van der Waals surface area contributed by atoms with Gasteiger partial charge in [-0.3, -0.25) is 4.57 Å². The van der Waals surface area contributed by atoms with Crippen molar-refractivity contribution in [2.45, 2.75) is 6.92 Å². The summed E-state index contributed by atoms with van der Waals surface area (Å²) in [4.78, 5) is 15.9. The van der Waals surface area contributed by atoms with Crippen molar-refractivity contribution in [3.63, 3.8) is 0 Å². The maximum absolute atomic E-state index is 9.69. The van der Waals surface area contributed by atoms with Crippen molar-refractivity contribution in [2.75, 3.05) is 6.16 Å². The van der Waals surface area contributed by atoms with Crippen LogP contribution in [0.1, 0.15) is 8.35 Å². The predicted molar refractivity (Wildman–Crippen MR) is 23.7 cm³/mol. The van der Waals surface area contributed by atoms with Crippen LogP contribution in [0.4, 0.5) is 0 Å². The first-order chi connectivity index (χ1) is 2.56. The largest absolute Gasteiger partial charge is 1.00 e. The summed E-state index contributed by atoms with van der Waals surface area (Å²) >= 11 is 0. The van der Waals surface area contributed by atoms with Crippen molar-refractivity contribution in [1.29, 1.82) is 0 Å². The van der Waals surface area contributed by atoms with Crippen LogP contribution in [0.5, 0.6) is 0 Å². The third-order valence-corrected chi connectivity index (χ3v) is 1.24. The van der Waals surface area contributed by atoms with Crippen LogP contribution in [-0.4, -0.2) is 15.9 Å². The second kappa shape index (κ2) is 4.65. The van der Waals surface area contributed by atoms with Crippen LogP contribution in [0.25, 0.3) is 0 Å². The predicted octanol–water partition coefficient (Wildman–Crippen LogP) is -2.70. The molecule has 0 saturated carbocycles. The molecule has 0 radical (unpaired) electrons. The van der Waals surface area contributed by atoms with E-state index >= 15 is 0 Å². The Bertz CT molecular complexity index is 81.4. The van der Waals surface area contributed by atoms with E-state index in [-0.39, 0.29) is 59.0 Å². The molecule has 0 aliphatic carbocycles. The van der Waals surface area contributed by atoms with Gasteiger partial charge in [-0.2, -0.15) is 0 Å². The maximum atomic E-state index is 9.69. The molecule has 0 unspecified atom stereocenters. The molecular weight excluding hydrogens is 142 g/mol. The summed E-state index contributed by atoms with van der Waals surface area (Å²) in [6, 6.07) is 0. The third-order valence-electron chi connectivity index (χ3n) is 0.412. The minimum atomic E-state index is -3.65. The molecule has 2 N–H and O–H groups in total. The Morgan fingerprint density at radius 3 is 1.86 bits per heavy atom. The van der Waals surface area contributed by atoms with Gasteiger partial charge in [-0.15, -0.1) is 0 Å². The smallest absolute Gasteiger partial charge is 1.00 e. The molecule has 0 spiro atoms. The minimum Gasteiger partial charge on any atom is -1.00 e. The summed E-state index contributed by atoms with van der Waals surface area (Å²) in [5.41, 5.74) is 0. The molecule has 0 atom stereocenters. The van der Waals surface area contributed by atoms with Crippen LogP contribution < -0.4 is 51.4 Å². The molecule has 0 saturated heterocycles. The fraction of sp³-hybridized carbons (Fsp3) is 1.00. The molecule has 7 heavy (non-hydrogen) atoms. The molecule has 3 nitrogen and oxygen atoms in total. The van der Waals surface area contributed by atoms with Crippen molar-refractivity contribution < 1.29 is 67.2 Å². The number of rotatable bonds is 1. The van der Waals surface area contributed by atoms with Crippen LogP contribution in [-0.2, 0) is 4.57 Å². The van der Waals surface area contributed by atoms with Gasteiger partial charge in [0.1, 0.15) is 0 Å². The monoisotopic (exact) mass is 150 g/mol. The van der Waals surface area contributed by atoms with Gasteiger partial charge in [-0.1, -0.05) is 6.92 Å². The van der Waals surface area contributed by atoms with Crippen LogP contribution in [0.15, 0.2) is 0 Å². The standard InChI is InChI=1S/C2H7O3P.K.H/c1-2-6(3,4)5;;/h2H2,1H3,(H2,3,4,5);;/q;+1;-1. The molecule has 0 aromatic rings. The summed E-state index contributed by atoms with van der Waals surface area (Å²) < 4.78 is 9.69. The second-order valence-electron chi connectivity index (χ2n) is 0.981. The molecule has 0 heterocycles. The topological polar surface area (TPSA) is 57.5 Å². The number of hydrogen-bond acceptors (Lipinski definition) is 1. The van der Waals surface area contributed by atoms with Gasteiger partial charge in [0, 0.05) is 6.16 Å². The minimum absolute atomic E-state index is 0. The summed E-state index contributed by atoms with van der Waals surface area (Å²) in [5, 5.41) is 0. The third kappa shape index (κ3) is 11.4. The summed E-state index contributed by atoms with van der Waals surface area (Å²) in [5.74, 6) is 0. The fourth-order valence-electron chi connectivity index (χ4n) is 0. The first-order valence-corrected chi connectivity index (χ1v) is 3.40. The zero-order valence-electron chi connectivity index (χ0n) is 5.46. The molecule has 0 aliphatic heterocycles. The van der Waals surface area contributed by atoms with Crippen molar-refractivity contribution in [2.24, 2.45) is 0 Å². The summed E-state index contributed by atoms with van der Waals surface area (Å²) in [6.07, 6.45) is -0.0625. The van der Waals surface area contributed by atoms with E-state index in [1.165, 1.54) is 6.92 Å². The Labute approximate surface area is 86.6 Å². The van der Waals surface area contributed by atoms with Gasteiger partial charge in [-0.25, -0.2) is 0 Å². The van der Waals surface area contributed by atoms with E-state index in [4.69, 9.17) is 9.79 Å². The second-order valence-corrected chi connectivity index (χ2v) is 2.94. The van der Waals surface area contributed by atoms with Crippen LogP contribution >= 0.6 is 7.60 Å². The molecule has 0 aromatic heterocycles. The number of hydrogen-bond donors (Lipinski definition) is 2. The Morgan fingerprint density at radius 1 is 1.71 bits per heavy atom. The van der Waals surface area contributed by atoms with Gasteiger partial charge in [0.15, 0.2) is 0 Å². The van der Waals surface area contributed by atoms with Crippen LogP contribution in [0, 0.1) is 0 Å². The van der Waals surface area contributed by atoms with E-state index in [1.54, 1.807) is 0 Å². The zero-order valence-corrected chi connectivity index (χ0v) is 8.47. The molecule has 0 fully saturated rings. The summed E-state index contributed by atoms with van der Waals surface area (Å²) in [7, 11) is -3.65. The zero-order chi connectivity index (χ0) is 5.21. The summed E-state index contributed by atoms with van der Waals surface area (Å²) in [6.45, 7) is 1.45. The normalized spacial score (nSPS) is 10.1. The van der Waals surface area contributed by atoms with E-state index < -0.39 is 7.60 Å². The van der Waals surface area contributed by atoms with Gasteiger partial charge in [-0.05, 0) is 0 Å². The van der Waals surface area contributed by atoms with Crippen LogP contribution in [0.2, 0.25) is 0 Å². The molecule has 0 bridgehead atoms. The fourth-order valence-corrected chi connectivity index (χ4v) is 0. The van der Waals surface area contributed by atoms with Crippen molar-refractivity contribution in [1.82, 2.24) is 0 Å².